The van der Waals surface area contributed by atoms with Crippen LogP contribution in [0.5, 0.6) is 0 Å². The van der Waals surface area contributed by atoms with E-state index < -0.39 is 39.0 Å². The molecule has 0 saturated carbocycles. The summed E-state index contributed by atoms with van der Waals surface area (Å²) in [5.74, 6) is 0.649. The molecule has 2 N–H and O–H groups in total. The maximum absolute atomic E-state index is 14.3. The molecule has 2 heterocycles. The Kier molecular flexibility index (Phi) is 16.5. The van der Waals surface area contributed by atoms with Crippen molar-refractivity contribution < 1.29 is 23.9 Å². The maximum atomic E-state index is 14.3. The standard InChI is InChI=1S/C48H86N4O5/c1-40(2,3)36(53)46(49-43(10,11)12,28-23-19-20-25-30-48(38(55)42(7,8)9)31-27-32-52(48)45(16,17)18)29-24-21-22-26-33-57-39(56)51-34-47(35-51,50-44(13,14)15)37(54)41(4,5)6/h20,22,25-26,49-50H,19,21,23-24,27-35H2,1-18H3/b25-20+,26-22+/t46?,48-/m0/s1. The molecule has 0 spiro atoms. The van der Waals surface area contributed by atoms with E-state index in [1.165, 1.54) is 0 Å². The first kappa shape index (κ1) is 50.8. The molecule has 2 aliphatic heterocycles. The summed E-state index contributed by atoms with van der Waals surface area (Å²) < 4.78 is 5.57. The second-order valence-corrected chi connectivity index (χ2v) is 23.5. The van der Waals surface area contributed by atoms with Gasteiger partial charge in [-0.1, -0.05) is 86.6 Å². The van der Waals surface area contributed by atoms with Crippen LogP contribution < -0.4 is 10.6 Å². The van der Waals surface area contributed by atoms with Crippen molar-refractivity contribution in [2.24, 2.45) is 16.2 Å². The highest BCUT2D eigenvalue weighted by Gasteiger charge is 2.56. The number of rotatable bonds is 17. The van der Waals surface area contributed by atoms with Crippen LogP contribution in [0.4, 0.5) is 4.79 Å². The zero-order chi connectivity index (χ0) is 44.1. The third-order valence-corrected chi connectivity index (χ3v) is 11.1. The molecule has 2 rings (SSSR count). The first-order valence-electron chi connectivity index (χ1n) is 21.8. The second kappa shape index (κ2) is 18.5. The predicted molar refractivity (Wildman–Crippen MR) is 237 cm³/mol. The van der Waals surface area contributed by atoms with Crippen LogP contribution in [0.2, 0.25) is 0 Å². The molecule has 2 aliphatic rings. The molecule has 328 valence electrons. The van der Waals surface area contributed by atoms with E-state index in [1.807, 2.05) is 95.2 Å². The zero-order valence-corrected chi connectivity index (χ0v) is 39.9. The number of nitrogens with zero attached hydrogens (tertiary/aromatic N) is 2. The van der Waals surface area contributed by atoms with Crippen molar-refractivity contribution in [3.63, 3.8) is 0 Å². The number of Topliss-reactive ketones (excluding diaryl/α,β-unsaturated/α-hetero) is 3. The first-order valence-corrected chi connectivity index (χ1v) is 21.8. The zero-order valence-electron chi connectivity index (χ0n) is 39.9. The fourth-order valence-electron chi connectivity index (χ4n) is 9.35. The van der Waals surface area contributed by atoms with Crippen LogP contribution in [-0.2, 0) is 19.1 Å². The molecule has 0 aromatic heterocycles. The molecule has 2 saturated heterocycles. The lowest BCUT2D eigenvalue weighted by Crippen LogP contribution is -2.78. The Bertz CT molecular complexity index is 1450. The number of likely N-dealkylation sites (tertiary alicyclic amines) is 2. The normalized spacial score (nSPS) is 21.2. The molecular weight excluding hydrogens is 713 g/mol. The van der Waals surface area contributed by atoms with E-state index in [4.69, 9.17) is 4.74 Å². The van der Waals surface area contributed by atoms with Crippen LogP contribution in [0.1, 0.15) is 182 Å². The summed E-state index contributed by atoms with van der Waals surface area (Å²) >= 11 is 0. The maximum Gasteiger partial charge on any atom is 0.410 e. The van der Waals surface area contributed by atoms with Gasteiger partial charge in [0.1, 0.15) is 12.1 Å². The van der Waals surface area contributed by atoms with E-state index in [1.54, 1.807) is 4.90 Å². The molecule has 0 radical (unpaired) electrons. The number of allylic oxidation sites excluding steroid dienone is 2. The minimum absolute atomic E-state index is 0.0986. The van der Waals surface area contributed by atoms with Crippen molar-refractivity contribution in [2.45, 2.75) is 216 Å². The van der Waals surface area contributed by atoms with Crippen LogP contribution >= 0.6 is 0 Å². The van der Waals surface area contributed by atoms with E-state index in [0.29, 0.717) is 25.0 Å². The number of amides is 1. The Morgan fingerprint density at radius 1 is 0.649 bits per heavy atom. The largest absolute Gasteiger partial charge is 0.445 e. The van der Waals surface area contributed by atoms with Crippen molar-refractivity contribution in [3.05, 3.63) is 24.3 Å². The molecule has 0 aromatic carbocycles. The van der Waals surface area contributed by atoms with Gasteiger partial charge in [0, 0.05) is 32.9 Å². The molecule has 2 fully saturated rings. The number of hydrogen-bond donors (Lipinski definition) is 2. The number of ether oxygens (including phenoxy) is 1. The third kappa shape index (κ3) is 14.1. The van der Waals surface area contributed by atoms with Gasteiger partial charge in [-0.2, -0.15) is 0 Å². The van der Waals surface area contributed by atoms with Crippen LogP contribution in [0.15, 0.2) is 24.3 Å². The molecule has 0 aromatic rings. The number of carbonyl (C=O) groups is 4. The van der Waals surface area contributed by atoms with E-state index in [0.717, 1.165) is 45.1 Å². The lowest BCUT2D eigenvalue weighted by atomic mass is 9.72. The summed E-state index contributed by atoms with van der Waals surface area (Å²) in [6.45, 7) is 38.7. The topological polar surface area (TPSA) is 108 Å². The molecule has 0 aliphatic carbocycles. The number of nitrogens with one attached hydrogen (secondary N) is 2. The van der Waals surface area contributed by atoms with E-state index >= 15 is 0 Å². The molecule has 0 bridgehead atoms. The Labute approximate surface area is 349 Å². The summed E-state index contributed by atoms with van der Waals surface area (Å²) in [7, 11) is 0. The SMILES string of the molecule is CC(C)(C)NC(CCC/C=C/COC(=O)N1CC(NC(C)(C)C)(C(=O)C(C)(C)C)C1)(CCC/C=C/C[C@@]1(C(=O)C(C)(C)C)CCCN1C(C)(C)C)C(=O)C(C)(C)C. The van der Waals surface area contributed by atoms with Gasteiger partial charge >= 0.3 is 6.09 Å². The highest BCUT2D eigenvalue weighted by Crippen LogP contribution is 2.43. The van der Waals surface area contributed by atoms with Gasteiger partial charge in [0.05, 0.1) is 24.2 Å². The lowest BCUT2D eigenvalue weighted by Gasteiger charge is -2.53. The second-order valence-electron chi connectivity index (χ2n) is 23.5. The van der Waals surface area contributed by atoms with Crippen LogP contribution in [0.25, 0.3) is 0 Å². The highest BCUT2D eigenvalue weighted by atomic mass is 16.6. The number of unbranched alkanes of at least 4 members (excludes halogenated alkanes) is 2. The number of ketones is 3. The number of hydrogen-bond acceptors (Lipinski definition) is 8. The average molecular weight is 799 g/mol. The van der Waals surface area contributed by atoms with Crippen LogP contribution in [-0.4, -0.2) is 92.7 Å². The third-order valence-electron chi connectivity index (χ3n) is 11.1. The Balaban J connectivity index is 2.09. The smallest absolute Gasteiger partial charge is 0.410 e. The Morgan fingerprint density at radius 2 is 1.16 bits per heavy atom. The van der Waals surface area contributed by atoms with Gasteiger partial charge < -0.3 is 15.0 Å². The molecule has 9 heteroatoms. The minimum Gasteiger partial charge on any atom is -0.445 e. The van der Waals surface area contributed by atoms with Gasteiger partial charge in [0.25, 0.3) is 0 Å². The van der Waals surface area contributed by atoms with Crippen molar-refractivity contribution in [1.29, 1.82) is 0 Å². The summed E-state index contributed by atoms with van der Waals surface area (Å²) in [5.41, 5.74) is -4.10. The summed E-state index contributed by atoms with van der Waals surface area (Å²) in [4.78, 5) is 58.6. The molecule has 57 heavy (non-hydrogen) atoms. The average Bonchev–Trinajstić information content (AvgIpc) is 3.45. The van der Waals surface area contributed by atoms with Gasteiger partial charge in [-0.15, -0.1) is 0 Å². The van der Waals surface area contributed by atoms with Crippen molar-refractivity contribution in [2.75, 3.05) is 26.2 Å². The lowest BCUT2D eigenvalue weighted by molar-refractivity contribution is -0.141. The van der Waals surface area contributed by atoms with E-state index in [2.05, 4.69) is 69.2 Å². The molecule has 9 nitrogen and oxygen atoms in total. The van der Waals surface area contributed by atoms with Gasteiger partial charge in [-0.3, -0.25) is 24.6 Å². The number of carbonyl (C=O) groups excluding carboxylic acids is 4. The van der Waals surface area contributed by atoms with Gasteiger partial charge in [-0.05, 0) is 127 Å². The molecule has 2 atom stereocenters. The van der Waals surface area contributed by atoms with Crippen molar-refractivity contribution in [3.8, 4) is 0 Å². The fourth-order valence-corrected chi connectivity index (χ4v) is 9.35. The quantitative estimate of drug-likeness (QED) is 0.111. The minimum atomic E-state index is -0.779. The van der Waals surface area contributed by atoms with Crippen LogP contribution in [0, 0.1) is 16.2 Å². The van der Waals surface area contributed by atoms with Gasteiger partial charge in [0.2, 0.25) is 0 Å². The highest BCUT2D eigenvalue weighted by molar-refractivity contribution is 5.96. The molecular formula is C48H86N4O5. The van der Waals surface area contributed by atoms with E-state index in [-0.39, 0.29) is 47.9 Å². The van der Waals surface area contributed by atoms with E-state index in [9.17, 15) is 19.2 Å². The Hall–Kier alpha value is -2.36. The van der Waals surface area contributed by atoms with Crippen LogP contribution in [0.3, 0.4) is 0 Å². The summed E-state index contributed by atoms with van der Waals surface area (Å²) in [6, 6.07) is 0. The summed E-state index contributed by atoms with van der Waals surface area (Å²) in [6.07, 6.45) is 15.2. The molecule has 1 amide bonds. The fraction of sp³-hybridized carbons (Fsp3) is 0.833. The van der Waals surface area contributed by atoms with Gasteiger partial charge in [0.15, 0.2) is 17.3 Å². The summed E-state index contributed by atoms with van der Waals surface area (Å²) in [5, 5.41) is 7.28. The van der Waals surface area contributed by atoms with Gasteiger partial charge in [-0.25, -0.2) is 4.79 Å². The van der Waals surface area contributed by atoms with Crippen molar-refractivity contribution in [1.82, 2.24) is 20.4 Å². The first-order chi connectivity index (χ1) is 25.6. The molecule has 1 unspecified atom stereocenters. The Morgan fingerprint density at radius 3 is 1.60 bits per heavy atom. The monoisotopic (exact) mass is 799 g/mol. The van der Waals surface area contributed by atoms with Crippen molar-refractivity contribution >= 4 is 23.4 Å². The predicted octanol–water partition coefficient (Wildman–Crippen LogP) is 10.0.